The molecule has 1 saturated heterocycles. The Morgan fingerprint density at radius 3 is 2.06 bits per heavy atom. The summed E-state index contributed by atoms with van der Waals surface area (Å²) < 4.78 is 28.2. The van der Waals surface area contributed by atoms with Crippen LogP contribution in [-0.2, 0) is 20.0 Å². The summed E-state index contributed by atoms with van der Waals surface area (Å²) in [5.74, 6) is 0. The molecule has 2 N–H and O–H groups in total. The lowest BCUT2D eigenvalue weighted by Gasteiger charge is -2.47. The van der Waals surface area contributed by atoms with Gasteiger partial charge in [-0.1, -0.05) is 12.1 Å². The summed E-state index contributed by atoms with van der Waals surface area (Å²) in [6.07, 6.45) is 3.25. The highest BCUT2D eigenvalue weighted by molar-refractivity contribution is 7.90. The van der Waals surface area contributed by atoms with Crippen LogP contribution in [0.3, 0.4) is 0 Å². The van der Waals surface area contributed by atoms with Gasteiger partial charge in [0.15, 0.2) is 9.84 Å². The summed E-state index contributed by atoms with van der Waals surface area (Å²) in [7, 11) is -3.14. The van der Waals surface area contributed by atoms with Crippen LogP contribution in [0.2, 0.25) is 0 Å². The monoisotopic (exact) mass is 267 g/mol. The second-order valence-electron chi connectivity index (χ2n) is 5.53. The largest absolute Gasteiger partial charge is 0.379 e. The van der Waals surface area contributed by atoms with Crippen molar-refractivity contribution in [2.75, 3.05) is 19.5 Å². The first-order chi connectivity index (χ1) is 8.37. The molecule has 0 bridgehead atoms. The summed E-state index contributed by atoms with van der Waals surface area (Å²) in [5, 5.41) is 0. The number of sulfone groups is 1. The normalized spacial score (nSPS) is 24.3. The van der Waals surface area contributed by atoms with Crippen LogP contribution in [0.25, 0.3) is 0 Å². The first-order valence-electron chi connectivity index (χ1n) is 6.05. The average molecular weight is 267 g/mol. The molecule has 98 valence electrons. The molecule has 1 aliphatic carbocycles. The van der Waals surface area contributed by atoms with Crippen molar-refractivity contribution in [1.29, 1.82) is 0 Å². The summed E-state index contributed by atoms with van der Waals surface area (Å²) >= 11 is 0. The summed E-state index contributed by atoms with van der Waals surface area (Å²) in [6.45, 7) is 1.28. The average Bonchev–Trinajstić information content (AvgIpc) is 2.95. The highest BCUT2D eigenvalue weighted by Crippen LogP contribution is 2.53. The van der Waals surface area contributed by atoms with Crippen LogP contribution in [0.5, 0.6) is 0 Å². The van der Waals surface area contributed by atoms with Gasteiger partial charge in [-0.25, -0.2) is 8.42 Å². The van der Waals surface area contributed by atoms with Crippen molar-refractivity contribution in [3.05, 3.63) is 29.8 Å². The van der Waals surface area contributed by atoms with Crippen LogP contribution >= 0.6 is 0 Å². The van der Waals surface area contributed by atoms with Crippen LogP contribution in [-0.4, -0.2) is 33.4 Å². The predicted molar refractivity (Wildman–Crippen MR) is 68.2 cm³/mol. The Kier molecular flexibility index (Phi) is 2.40. The molecule has 0 aromatic heterocycles. The van der Waals surface area contributed by atoms with Gasteiger partial charge in [-0.05, 0) is 30.5 Å². The van der Waals surface area contributed by atoms with Gasteiger partial charge in [0.2, 0.25) is 0 Å². The van der Waals surface area contributed by atoms with E-state index in [4.69, 9.17) is 10.5 Å². The molecule has 1 heterocycles. The Hall–Kier alpha value is -0.910. The molecule has 1 aliphatic heterocycles. The topological polar surface area (TPSA) is 69.4 Å². The van der Waals surface area contributed by atoms with E-state index in [9.17, 15) is 8.42 Å². The number of nitrogens with two attached hydrogens (primary N) is 1. The quantitative estimate of drug-likeness (QED) is 0.881. The van der Waals surface area contributed by atoms with E-state index >= 15 is 0 Å². The maximum Gasteiger partial charge on any atom is 0.175 e. The number of ether oxygens (including phenoxy) is 1. The molecule has 18 heavy (non-hydrogen) atoms. The fourth-order valence-corrected chi connectivity index (χ4v) is 3.31. The molecule has 1 saturated carbocycles. The molecule has 4 nitrogen and oxygen atoms in total. The number of hydrogen-bond acceptors (Lipinski definition) is 4. The van der Waals surface area contributed by atoms with E-state index in [0.29, 0.717) is 18.1 Å². The third kappa shape index (κ3) is 1.61. The number of rotatable bonds is 3. The Bertz CT molecular complexity index is 569. The maximum absolute atomic E-state index is 11.4. The van der Waals surface area contributed by atoms with Gasteiger partial charge in [-0.2, -0.15) is 0 Å². The molecule has 5 heteroatoms. The third-order valence-corrected chi connectivity index (χ3v) is 5.40. The van der Waals surface area contributed by atoms with Crippen molar-refractivity contribution in [2.45, 2.75) is 28.7 Å². The third-order valence-electron chi connectivity index (χ3n) is 4.27. The summed E-state index contributed by atoms with van der Waals surface area (Å²) in [6, 6.07) is 7.09. The van der Waals surface area contributed by atoms with E-state index in [1.54, 1.807) is 12.1 Å². The van der Waals surface area contributed by atoms with E-state index in [2.05, 4.69) is 0 Å². The predicted octanol–water partition coefficient (Wildman–Crippen LogP) is 0.849. The molecule has 2 fully saturated rings. The second-order valence-corrected chi connectivity index (χ2v) is 7.54. The Morgan fingerprint density at radius 2 is 1.72 bits per heavy atom. The molecular formula is C13H17NO3S. The van der Waals surface area contributed by atoms with Gasteiger partial charge in [0.05, 0.1) is 23.5 Å². The summed E-state index contributed by atoms with van der Waals surface area (Å²) in [4.78, 5) is 0.350. The molecule has 0 unspecified atom stereocenters. The van der Waals surface area contributed by atoms with Crippen molar-refractivity contribution >= 4 is 9.84 Å². The Labute approximate surface area is 107 Å². The minimum absolute atomic E-state index is 0.108. The molecule has 3 rings (SSSR count). The van der Waals surface area contributed by atoms with E-state index in [1.165, 1.54) is 6.26 Å². The van der Waals surface area contributed by atoms with Gasteiger partial charge < -0.3 is 10.5 Å². The van der Waals surface area contributed by atoms with Gasteiger partial charge >= 0.3 is 0 Å². The highest BCUT2D eigenvalue weighted by Gasteiger charge is 2.61. The zero-order chi connectivity index (χ0) is 13.0. The molecular weight excluding hydrogens is 250 g/mol. The molecule has 0 radical (unpaired) electrons. The van der Waals surface area contributed by atoms with Crippen molar-refractivity contribution in [3.8, 4) is 0 Å². The zero-order valence-electron chi connectivity index (χ0n) is 10.3. The molecule has 0 spiro atoms. The van der Waals surface area contributed by atoms with Crippen LogP contribution in [0.15, 0.2) is 29.2 Å². The zero-order valence-corrected chi connectivity index (χ0v) is 11.2. The fourth-order valence-electron chi connectivity index (χ4n) is 2.68. The molecule has 0 amide bonds. The minimum atomic E-state index is -3.14. The molecule has 1 aromatic carbocycles. The highest BCUT2D eigenvalue weighted by atomic mass is 32.2. The van der Waals surface area contributed by atoms with Crippen molar-refractivity contribution in [2.24, 2.45) is 5.73 Å². The van der Waals surface area contributed by atoms with Crippen LogP contribution in [0.4, 0.5) is 0 Å². The van der Waals surface area contributed by atoms with Crippen LogP contribution in [0.1, 0.15) is 18.4 Å². The number of benzene rings is 1. The SMILES string of the molecule is CS(=O)(=O)c1ccc(C2(C3(N)CC3)COC2)cc1. The van der Waals surface area contributed by atoms with Gasteiger partial charge in [-0.3, -0.25) is 0 Å². The first kappa shape index (κ1) is 12.1. The van der Waals surface area contributed by atoms with E-state index in [1.807, 2.05) is 12.1 Å². The van der Waals surface area contributed by atoms with Gasteiger partial charge in [-0.15, -0.1) is 0 Å². The Morgan fingerprint density at radius 1 is 1.17 bits per heavy atom. The lowest BCUT2D eigenvalue weighted by Crippen LogP contribution is -2.60. The van der Waals surface area contributed by atoms with Crippen molar-refractivity contribution < 1.29 is 13.2 Å². The van der Waals surface area contributed by atoms with E-state index < -0.39 is 9.84 Å². The van der Waals surface area contributed by atoms with E-state index in [0.717, 1.165) is 18.4 Å². The standard InChI is InChI=1S/C13H17NO3S/c1-18(15,16)11-4-2-10(3-5-11)12(8-17-9-12)13(14)6-7-13/h2-5H,6-9,14H2,1H3. The van der Waals surface area contributed by atoms with Crippen molar-refractivity contribution in [3.63, 3.8) is 0 Å². The van der Waals surface area contributed by atoms with Crippen LogP contribution in [0, 0.1) is 0 Å². The van der Waals surface area contributed by atoms with Crippen molar-refractivity contribution in [1.82, 2.24) is 0 Å². The maximum atomic E-state index is 11.4. The lowest BCUT2D eigenvalue weighted by molar-refractivity contribution is -0.0786. The molecule has 2 aliphatic rings. The minimum Gasteiger partial charge on any atom is -0.379 e. The van der Waals surface area contributed by atoms with Gasteiger partial charge in [0.1, 0.15) is 0 Å². The number of hydrogen-bond donors (Lipinski definition) is 1. The first-order valence-corrected chi connectivity index (χ1v) is 7.94. The molecule has 0 atom stereocenters. The molecule has 1 aromatic rings. The van der Waals surface area contributed by atoms with Gasteiger partial charge in [0.25, 0.3) is 0 Å². The Balaban J connectivity index is 1.98. The lowest BCUT2D eigenvalue weighted by atomic mass is 9.71. The smallest absolute Gasteiger partial charge is 0.175 e. The van der Waals surface area contributed by atoms with Crippen LogP contribution < -0.4 is 5.73 Å². The van der Waals surface area contributed by atoms with E-state index in [-0.39, 0.29) is 11.0 Å². The fraction of sp³-hybridized carbons (Fsp3) is 0.538. The van der Waals surface area contributed by atoms with Gasteiger partial charge in [0, 0.05) is 11.8 Å². The summed E-state index contributed by atoms with van der Waals surface area (Å²) in [5.41, 5.74) is 7.18. The second kappa shape index (κ2) is 3.56.